The first-order chi connectivity index (χ1) is 5.52. The van der Waals surface area contributed by atoms with Crippen LogP contribution in [-0.2, 0) is 9.59 Å². The molecule has 0 heterocycles. The summed E-state index contributed by atoms with van der Waals surface area (Å²) in [6.07, 6.45) is 5.24. The molecule has 0 atom stereocenters. The molecule has 0 fully saturated rings. The van der Waals surface area contributed by atoms with Gasteiger partial charge in [0.25, 0.3) is 0 Å². The van der Waals surface area contributed by atoms with Gasteiger partial charge in [-0.3, -0.25) is 9.59 Å². The molecule has 0 spiro atoms. The Kier molecular flexibility index (Phi) is 2.24. The van der Waals surface area contributed by atoms with Gasteiger partial charge in [0.2, 0.25) is 0 Å². The lowest BCUT2D eigenvalue weighted by Gasteiger charge is -2.20. The summed E-state index contributed by atoms with van der Waals surface area (Å²) in [6.45, 7) is 1.40. The standard InChI is InChI=1S/C9H10O3/c1-7(10)6-9(12)4-2-8(11)3-5-9/h2-5,12H,6H2,1H3. The Morgan fingerprint density at radius 1 is 1.50 bits per heavy atom. The highest BCUT2D eigenvalue weighted by molar-refractivity contribution is 6.00. The zero-order chi connectivity index (χ0) is 9.19. The molecule has 0 saturated heterocycles. The third-order valence-corrected chi connectivity index (χ3v) is 1.60. The molecule has 0 aromatic heterocycles. The number of carbonyl (C=O) groups excluding carboxylic acids is 2. The summed E-state index contributed by atoms with van der Waals surface area (Å²) in [5.74, 6) is -0.274. The predicted molar refractivity (Wildman–Crippen MR) is 43.5 cm³/mol. The van der Waals surface area contributed by atoms with Gasteiger partial charge >= 0.3 is 0 Å². The number of ketones is 2. The van der Waals surface area contributed by atoms with Gasteiger partial charge < -0.3 is 5.11 Å². The summed E-state index contributed by atoms with van der Waals surface area (Å²) in [5.41, 5.74) is -1.25. The normalized spacial score (nSPS) is 19.7. The van der Waals surface area contributed by atoms with E-state index in [0.29, 0.717) is 0 Å². The fourth-order valence-corrected chi connectivity index (χ4v) is 1.08. The zero-order valence-corrected chi connectivity index (χ0v) is 6.78. The van der Waals surface area contributed by atoms with Crippen molar-refractivity contribution < 1.29 is 14.7 Å². The van der Waals surface area contributed by atoms with Crippen molar-refractivity contribution in [2.24, 2.45) is 0 Å². The monoisotopic (exact) mass is 166 g/mol. The van der Waals surface area contributed by atoms with Gasteiger partial charge in [0.05, 0.1) is 0 Å². The third-order valence-electron chi connectivity index (χ3n) is 1.60. The molecule has 0 amide bonds. The average Bonchev–Trinajstić information content (AvgIpc) is 1.94. The Morgan fingerprint density at radius 3 is 2.42 bits per heavy atom. The van der Waals surface area contributed by atoms with Crippen molar-refractivity contribution in [2.75, 3.05) is 0 Å². The van der Waals surface area contributed by atoms with Crippen LogP contribution < -0.4 is 0 Å². The zero-order valence-electron chi connectivity index (χ0n) is 6.78. The SMILES string of the molecule is CC(=O)CC1(O)C=CC(=O)C=C1. The van der Waals surface area contributed by atoms with E-state index in [-0.39, 0.29) is 18.0 Å². The smallest absolute Gasteiger partial charge is 0.178 e. The van der Waals surface area contributed by atoms with Crippen LogP contribution in [0, 0.1) is 0 Å². The van der Waals surface area contributed by atoms with Crippen molar-refractivity contribution in [1.29, 1.82) is 0 Å². The molecule has 0 aliphatic heterocycles. The molecule has 3 heteroatoms. The predicted octanol–water partition coefficient (Wildman–Crippen LogP) is 0.392. The van der Waals surface area contributed by atoms with E-state index in [1.165, 1.54) is 31.2 Å². The highest BCUT2D eigenvalue weighted by atomic mass is 16.3. The van der Waals surface area contributed by atoms with Gasteiger partial charge in [0.1, 0.15) is 11.4 Å². The summed E-state index contributed by atoms with van der Waals surface area (Å²) in [6, 6.07) is 0. The van der Waals surface area contributed by atoms with E-state index in [2.05, 4.69) is 0 Å². The van der Waals surface area contributed by atoms with Gasteiger partial charge in [0, 0.05) is 6.42 Å². The Balaban J connectivity index is 2.74. The fraction of sp³-hybridized carbons (Fsp3) is 0.333. The number of carbonyl (C=O) groups is 2. The van der Waals surface area contributed by atoms with E-state index in [9.17, 15) is 14.7 Å². The summed E-state index contributed by atoms with van der Waals surface area (Å²) in [4.78, 5) is 21.4. The molecular formula is C9H10O3. The van der Waals surface area contributed by atoms with Gasteiger partial charge in [-0.15, -0.1) is 0 Å². The van der Waals surface area contributed by atoms with Crippen molar-refractivity contribution in [2.45, 2.75) is 18.9 Å². The van der Waals surface area contributed by atoms with Crippen LogP contribution in [0.4, 0.5) is 0 Å². The first kappa shape index (κ1) is 8.87. The van der Waals surface area contributed by atoms with Crippen LogP contribution in [0.15, 0.2) is 24.3 Å². The van der Waals surface area contributed by atoms with Gasteiger partial charge in [-0.05, 0) is 31.2 Å². The molecule has 0 bridgehead atoms. The number of rotatable bonds is 2. The van der Waals surface area contributed by atoms with Crippen molar-refractivity contribution in [3.8, 4) is 0 Å². The van der Waals surface area contributed by atoms with E-state index < -0.39 is 5.60 Å². The minimum atomic E-state index is -1.25. The van der Waals surface area contributed by atoms with E-state index in [0.717, 1.165) is 0 Å². The Morgan fingerprint density at radius 2 is 2.00 bits per heavy atom. The lowest BCUT2D eigenvalue weighted by atomic mass is 9.92. The maximum Gasteiger partial charge on any atom is 0.178 e. The molecular weight excluding hydrogens is 156 g/mol. The van der Waals surface area contributed by atoms with Gasteiger partial charge in [0.15, 0.2) is 5.78 Å². The molecule has 3 nitrogen and oxygen atoms in total. The number of Topliss-reactive ketones (excluding diaryl/α,β-unsaturated/α-hetero) is 1. The molecule has 0 radical (unpaired) electrons. The summed E-state index contributed by atoms with van der Waals surface area (Å²) in [5, 5.41) is 9.61. The van der Waals surface area contributed by atoms with Crippen LogP contribution in [0.2, 0.25) is 0 Å². The summed E-state index contributed by atoms with van der Waals surface area (Å²) >= 11 is 0. The Labute approximate surface area is 70.4 Å². The highest BCUT2D eigenvalue weighted by Crippen LogP contribution is 2.17. The van der Waals surface area contributed by atoms with E-state index in [4.69, 9.17) is 0 Å². The second-order valence-corrected chi connectivity index (χ2v) is 2.94. The second kappa shape index (κ2) is 3.03. The maximum absolute atomic E-state index is 10.7. The van der Waals surface area contributed by atoms with Gasteiger partial charge in [-0.25, -0.2) is 0 Å². The van der Waals surface area contributed by atoms with E-state index in [1.54, 1.807) is 0 Å². The molecule has 1 rings (SSSR count). The van der Waals surface area contributed by atoms with Crippen molar-refractivity contribution in [3.63, 3.8) is 0 Å². The Bertz CT molecular complexity index is 257. The van der Waals surface area contributed by atoms with E-state index in [1.807, 2.05) is 0 Å². The van der Waals surface area contributed by atoms with E-state index >= 15 is 0 Å². The maximum atomic E-state index is 10.7. The van der Waals surface area contributed by atoms with Gasteiger partial charge in [-0.1, -0.05) is 0 Å². The molecule has 64 valence electrons. The molecule has 12 heavy (non-hydrogen) atoms. The second-order valence-electron chi connectivity index (χ2n) is 2.94. The third kappa shape index (κ3) is 2.13. The lowest BCUT2D eigenvalue weighted by molar-refractivity contribution is -0.119. The molecule has 0 saturated carbocycles. The molecule has 0 unspecified atom stereocenters. The molecule has 1 N–H and O–H groups in total. The quantitative estimate of drug-likeness (QED) is 0.645. The van der Waals surface area contributed by atoms with Crippen LogP contribution in [0.5, 0.6) is 0 Å². The molecule has 0 aromatic carbocycles. The van der Waals surface area contributed by atoms with Crippen LogP contribution >= 0.6 is 0 Å². The van der Waals surface area contributed by atoms with Crippen molar-refractivity contribution >= 4 is 11.6 Å². The highest BCUT2D eigenvalue weighted by Gasteiger charge is 2.24. The number of hydrogen-bond acceptors (Lipinski definition) is 3. The number of allylic oxidation sites excluding steroid dienone is 2. The van der Waals surface area contributed by atoms with Crippen molar-refractivity contribution in [1.82, 2.24) is 0 Å². The molecule has 0 aromatic rings. The van der Waals surface area contributed by atoms with Gasteiger partial charge in [-0.2, -0.15) is 0 Å². The largest absolute Gasteiger partial charge is 0.381 e. The lowest BCUT2D eigenvalue weighted by Crippen LogP contribution is -2.28. The summed E-state index contributed by atoms with van der Waals surface area (Å²) in [7, 11) is 0. The fourth-order valence-electron chi connectivity index (χ4n) is 1.08. The molecule has 1 aliphatic carbocycles. The minimum Gasteiger partial charge on any atom is -0.381 e. The van der Waals surface area contributed by atoms with Crippen molar-refractivity contribution in [3.05, 3.63) is 24.3 Å². The number of hydrogen-bond donors (Lipinski definition) is 1. The topological polar surface area (TPSA) is 54.4 Å². The molecule has 1 aliphatic rings. The van der Waals surface area contributed by atoms with Crippen LogP contribution in [0.1, 0.15) is 13.3 Å². The van der Waals surface area contributed by atoms with Crippen LogP contribution in [0.25, 0.3) is 0 Å². The minimum absolute atomic E-state index is 0.0211. The van der Waals surface area contributed by atoms with Crippen LogP contribution in [-0.4, -0.2) is 22.3 Å². The first-order valence-electron chi connectivity index (χ1n) is 3.66. The van der Waals surface area contributed by atoms with Crippen LogP contribution in [0.3, 0.4) is 0 Å². The summed E-state index contributed by atoms with van der Waals surface area (Å²) < 4.78 is 0. The average molecular weight is 166 g/mol. The number of aliphatic hydroxyl groups is 1. The first-order valence-corrected chi connectivity index (χ1v) is 3.66. The Hall–Kier alpha value is -1.22.